The van der Waals surface area contributed by atoms with E-state index in [1.54, 1.807) is 0 Å². The van der Waals surface area contributed by atoms with Gasteiger partial charge in [0, 0.05) is 23.9 Å². The highest BCUT2D eigenvalue weighted by atomic mass is 32.2. The van der Waals surface area contributed by atoms with Crippen molar-refractivity contribution in [3.8, 4) is 0 Å². The highest BCUT2D eigenvalue weighted by molar-refractivity contribution is 8.00. The van der Waals surface area contributed by atoms with Crippen LogP contribution in [0.25, 0.3) is 0 Å². The molecule has 0 spiro atoms. The number of aliphatic hydroxyl groups excluding tert-OH is 1. The second kappa shape index (κ2) is 5.91. The smallest absolute Gasteiger partial charge is 0.0714 e. The molecule has 0 amide bonds. The lowest BCUT2D eigenvalue weighted by molar-refractivity contribution is 0.169. The number of aliphatic hydroxyl groups is 1. The summed E-state index contributed by atoms with van der Waals surface area (Å²) in [6.45, 7) is 4.33. The third-order valence-electron chi connectivity index (χ3n) is 3.52. The molecule has 3 unspecified atom stereocenters. The third-order valence-corrected chi connectivity index (χ3v) is 5.02. The van der Waals surface area contributed by atoms with E-state index in [4.69, 9.17) is 0 Å². The Labute approximate surface area is 108 Å². The molecule has 0 saturated carbocycles. The predicted molar refractivity (Wildman–Crippen MR) is 72.4 cm³/mol. The van der Waals surface area contributed by atoms with Gasteiger partial charge in [-0.3, -0.25) is 4.68 Å². The molecule has 1 saturated heterocycles. The van der Waals surface area contributed by atoms with E-state index in [-0.39, 0.29) is 6.10 Å². The van der Waals surface area contributed by atoms with Gasteiger partial charge in [-0.25, -0.2) is 0 Å². The lowest BCUT2D eigenvalue weighted by Crippen LogP contribution is -2.23. The van der Waals surface area contributed by atoms with Crippen molar-refractivity contribution in [2.45, 2.75) is 56.9 Å². The molecule has 2 heterocycles. The summed E-state index contributed by atoms with van der Waals surface area (Å²) in [6, 6.07) is 2.48. The highest BCUT2D eigenvalue weighted by Gasteiger charge is 2.24. The zero-order chi connectivity index (χ0) is 12.3. The maximum atomic E-state index is 10.1. The normalized spacial score (nSPS) is 23.8. The Kier molecular flexibility index (Phi) is 4.51. The predicted octanol–water partition coefficient (Wildman–Crippen LogP) is 2.65. The fraction of sp³-hybridized carbons (Fsp3) is 0.769. The first kappa shape index (κ1) is 13.0. The first-order valence-corrected chi connectivity index (χ1v) is 7.59. The van der Waals surface area contributed by atoms with Crippen LogP contribution in [0.1, 0.15) is 44.8 Å². The van der Waals surface area contributed by atoms with Crippen LogP contribution in [0.3, 0.4) is 0 Å². The Hall–Kier alpha value is -0.480. The van der Waals surface area contributed by atoms with Crippen molar-refractivity contribution in [2.75, 3.05) is 5.75 Å². The molecule has 17 heavy (non-hydrogen) atoms. The second-order valence-electron chi connectivity index (χ2n) is 4.87. The summed E-state index contributed by atoms with van der Waals surface area (Å²) in [4.78, 5) is 0. The van der Waals surface area contributed by atoms with Gasteiger partial charge >= 0.3 is 0 Å². The summed E-state index contributed by atoms with van der Waals surface area (Å²) in [6.07, 6.45) is 5.97. The summed E-state index contributed by atoms with van der Waals surface area (Å²) < 4.78 is 2.00. The molecule has 1 aliphatic heterocycles. The maximum Gasteiger partial charge on any atom is 0.0714 e. The van der Waals surface area contributed by atoms with Gasteiger partial charge in [0.1, 0.15) is 0 Å². The van der Waals surface area contributed by atoms with Crippen molar-refractivity contribution in [1.82, 2.24) is 9.78 Å². The van der Waals surface area contributed by atoms with Crippen LogP contribution in [-0.4, -0.2) is 32.0 Å². The van der Waals surface area contributed by atoms with E-state index in [2.05, 4.69) is 18.9 Å². The molecule has 2 rings (SSSR count). The largest absolute Gasteiger partial charge is 0.392 e. The van der Waals surface area contributed by atoms with Gasteiger partial charge in [0.25, 0.3) is 0 Å². The minimum Gasteiger partial charge on any atom is -0.392 e. The van der Waals surface area contributed by atoms with E-state index in [0.717, 1.165) is 18.5 Å². The average molecular weight is 254 g/mol. The van der Waals surface area contributed by atoms with Crippen molar-refractivity contribution in [1.29, 1.82) is 0 Å². The Balaban J connectivity index is 1.91. The highest BCUT2D eigenvalue weighted by Crippen LogP contribution is 2.29. The fourth-order valence-electron chi connectivity index (χ4n) is 2.17. The standard InChI is InChI=1S/C13H22N2OS/c1-3-10(2)15-7-6-11(14-15)9-12(16)13-5-4-8-17-13/h6-7,10,12-13,16H,3-5,8-9H2,1-2H3. The topological polar surface area (TPSA) is 38.0 Å². The first-order valence-electron chi connectivity index (χ1n) is 6.54. The van der Waals surface area contributed by atoms with Gasteiger partial charge in [0.2, 0.25) is 0 Å². The van der Waals surface area contributed by atoms with Gasteiger partial charge < -0.3 is 5.11 Å². The van der Waals surface area contributed by atoms with Gasteiger partial charge in [-0.2, -0.15) is 16.9 Å². The van der Waals surface area contributed by atoms with Crippen molar-refractivity contribution in [2.24, 2.45) is 0 Å². The molecule has 1 aromatic heterocycles. The van der Waals surface area contributed by atoms with Crippen molar-refractivity contribution < 1.29 is 5.11 Å². The van der Waals surface area contributed by atoms with Crippen LogP contribution in [0.15, 0.2) is 12.3 Å². The monoisotopic (exact) mass is 254 g/mol. The van der Waals surface area contributed by atoms with E-state index in [0.29, 0.717) is 17.7 Å². The molecule has 0 aromatic carbocycles. The quantitative estimate of drug-likeness (QED) is 0.878. The Morgan fingerprint density at radius 1 is 1.65 bits per heavy atom. The molecule has 0 radical (unpaired) electrons. The lowest BCUT2D eigenvalue weighted by atomic mass is 10.1. The van der Waals surface area contributed by atoms with Crippen molar-refractivity contribution in [3.63, 3.8) is 0 Å². The van der Waals surface area contributed by atoms with Gasteiger partial charge in [-0.1, -0.05) is 6.92 Å². The second-order valence-corrected chi connectivity index (χ2v) is 6.21. The average Bonchev–Trinajstić information content (AvgIpc) is 2.98. The van der Waals surface area contributed by atoms with Crippen LogP contribution in [-0.2, 0) is 6.42 Å². The van der Waals surface area contributed by atoms with Gasteiger partial charge in [-0.05, 0) is 38.0 Å². The minimum absolute atomic E-state index is 0.234. The minimum atomic E-state index is -0.234. The van der Waals surface area contributed by atoms with Crippen molar-refractivity contribution >= 4 is 11.8 Å². The molecule has 1 aromatic rings. The van der Waals surface area contributed by atoms with E-state index >= 15 is 0 Å². The number of aromatic nitrogens is 2. The number of hydrogen-bond donors (Lipinski definition) is 1. The molecule has 3 nitrogen and oxygen atoms in total. The zero-order valence-corrected chi connectivity index (χ0v) is 11.5. The number of thioether (sulfide) groups is 1. The van der Waals surface area contributed by atoms with Crippen LogP contribution in [0.5, 0.6) is 0 Å². The first-order chi connectivity index (χ1) is 8.20. The zero-order valence-electron chi connectivity index (χ0n) is 10.7. The molecule has 3 atom stereocenters. The number of hydrogen-bond acceptors (Lipinski definition) is 3. The summed E-state index contributed by atoms with van der Waals surface area (Å²) >= 11 is 1.90. The molecule has 4 heteroatoms. The molecule has 0 aliphatic carbocycles. The summed E-state index contributed by atoms with van der Waals surface area (Å²) in [5, 5.41) is 15.1. The summed E-state index contributed by atoms with van der Waals surface area (Å²) in [7, 11) is 0. The van der Waals surface area contributed by atoms with Crippen LogP contribution < -0.4 is 0 Å². The number of rotatable bonds is 5. The SMILES string of the molecule is CCC(C)n1ccc(CC(O)C2CCCS2)n1. The van der Waals surface area contributed by atoms with Crippen LogP contribution in [0.4, 0.5) is 0 Å². The van der Waals surface area contributed by atoms with Gasteiger partial charge in [-0.15, -0.1) is 0 Å². The van der Waals surface area contributed by atoms with E-state index in [1.165, 1.54) is 12.2 Å². The molecule has 96 valence electrons. The fourth-order valence-corrected chi connectivity index (χ4v) is 3.46. The van der Waals surface area contributed by atoms with E-state index in [9.17, 15) is 5.11 Å². The summed E-state index contributed by atoms with van der Waals surface area (Å²) in [5.41, 5.74) is 1.02. The molecular formula is C13H22N2OS. The van der Waals surface area contributed by atoms with Crippen LogP contribution in [0, 0.1) is 0 Å². The number of nitrogens with zero attached hydrogens (tertiary/aromatic N) is 2. The van der Waals surface area contributed by atoms with E-state index < -0.39 is 0 Å². The molecular weight excluding hydrogens is 232 g/mol. The molecule has 0 bridgehead atoms. The maximum absolute atomic E-state index is 10.1. The lowest BCUT2D eigenvalue weighted by Gasteiger charge is -2.15. The van der Waals surface area contributed by atoms with Gasteiger partial charge in [0.05, 0.1) is 11.8 Å². The third kappa shape index (κ3) is 3.26. The van der Waals surface area contributed by atoms with Crippen LogP contribution in [0.2, 0.25) is 0 Å². The van der Waals surface area contributed by atoms with Crippen LogP contribution >= 0.6 is 11.8 Å². The van der Waals surface area contributed by atoms with Gasteiger partial charge in [0.15, 0.2) is 0 Å². The van der Waals surface area contributed by atoms with Crippen molar-refractivity contribution in [3.05, 3.63) is 18.0 Å². The molecule has 1 fully saturated rings. The van der Waals surface area contributed by atoms with E-state index in [1.807, 2.05) is 28.7 Å². The molecule has 1 N–H and O–H groups in total. The Bertz CT molecular complexity index is 347. The Morgan fingerprint density at radius 2 is 2.47 bits per heavy atom. The molecule has 1 aliphatic rings. The summed E-state index contributed by atoms with van der Waals surface area (Å²) in [5.74, 6) is 1.20. The Morgan fingerprint density at radius 3 is 3.12 bits per heavy atom.